The molecule has 0 bridgehead atoms. The van der Waals surface area contributed by atoms with E-state index in [9.17, 15) is 0 Å². The molecule has 102 valence electrons. The van der Waals surface area contributed by atoms with Crippen LogP contribution in [0.15, 0.2) is 34.9 Å². The van der Waals surface area contributed by atoms with Crippen molar-refractivity contribution in [3.8, 4) is 0 Å². The summed E-state index contributed by atoms with van der Waals surface area (Å²) in [5, 5.41) is 1.28. The third kappa shape index (κ3) is 2.82. The minimum absolute atomic E-state index is 0.775. The second-order valence-electron chi connectivity index (χ2n) is 5.53. The molecule has 3 rings (SSSR count). The minimum Gasteiger partial charge on any atom is -0.464 e. The highest BCUT2D eigenvalue weighted by Crippen LogP contribution is 2.27. The molecule has 0 aliphatic carbocycles. The molecule has 1 aromatic heterocycles. The SMILES string of the molecule is NCCN1CCC(Cc2coc3ccccc23)CC1. The zero-order valence-electron chi connectivity index (χ0n) is 11.3. The van der Waals surface area contributed by atoms with Gasteiger partial charge in [-0.2, -0.15) is 0 Å². The van der Waals surface area contributed by atoms with Crippen LogP contribution in [-0.4, -0.2) is 31.1 Å². The summed E-state index contributed by atoms with van der Waals surface area (Å²) in [5.41, 5.74) is 7.99. The quantitative estimate of drug-likeness (QED) is 0.916. The average Bonchev–Trinajstić information content (AvgIpc) is 2.85. The van der Waals surface area contributed by atoms with Gasteiger partial charge in [-0.3, -0.25) is 0 Å². The van der Waals surface area contributed by atoms with Crippen molar-refractivity contribution in [1.82, 2.24) is 4.90 Å². The van der Waals surface area contributed by atoms with Gasteiger partial charge in [0.25, 0.3) is 0 Å². The second-order valence-corrected chi connectivity index (χ2v) is 5.53. The van der Waals surface area contributed by atoms with Crippen LogP contribution in [0.3, 0.4) is 0 Å². The fourth-order valence-electron chi connectivity index (χ4n) is 3.10. The molecule has 1 aliphatic rings. The number of likely N-dealkylation sites (tertiary alicyclic amines) is 1. The number of rotatable bonds is 4. The Bertz CT molecular complexity index is 526. The number of para-hydroxylation sites is 1. The van der Waals surface area contributed by atoms with Gasteiger partial charge in [-0.05, 0) is 49.9 Å². The van der Waals surface area contributed by atoms with Gasteiger partial charge in [0.2, 0.25) is 0 Å². The molecule has 1 aliphatic heterocycles. The number of hydrogen-bond donors (Lipinski definition) is 1. The van der Waals surface area contributed by atoms with Crippen molar-refractivity contribution in [2.75, 3.05) is 26.2 Å². The minimum atomic E-state index is 0.775. The van der Waals surface area contributed by atoms with Gasteiger partial charge in [-0.1, -0.05) is 18.2 Å². The van der Waals surface area contributed by atoms with E-state index in [2.05, 4.69) is 17.0 Å². The first kappa shape index (κ1) is 12.7. The Morgan fingerprint density at radius 3 is 2.79 bits per heavy atom. The molecule has 1 saturated heterocycles. The summed E-state index contributed by atoms with van der Waals surface area (Å²) in [7, 11) is 0. The van der Waals surface area contributed by atoms with Crippen LogP contribution >= 0.6 is 0 Å². The molecule has 19 heavy (non-hydrogen) atoms. The molecular formula is C16H22N2O. The van der Waals surface area contributed by atoms with E-state index < -0.39 is 0 Å². The van der Waals surface area contributed by atoms with Crippen molar-refractivity contribution >= 4 is 11.0 Å². The van der Waals surface area contributed by atoms with Crippen LogP contribution in [0.4, 0.5) is 0 Å². The molecule has 3 nitrogen and oxygen atoms in total. The van der Waals surface area contributed by atoms with Gasteiger partial charge in [0.05, 0.1) is 6.26 Å². The Labute approximate surface area is 114 Å². The summed E-state index contributed by atoms with van der Waals surface area (Å²) in [6, 6.07) is 8.33. The van der Waals surface area contributed by atoms with E-state index in [1.807, 2.05) is 18.4 Å². The van der Waals surface area contributed by atoms with Crippen LogP contribution in [0, 0.1) is 5.92 Å². The molecule has 0 unspecified atom stereocenters. The fraction of sp³-hybridized carbons (Fsp3) is 0.500. The van der Waals surface area contributed by atoms with Crippen molar-refractivity contribution < 1.29 is 4.42 Å². The summed E-state index contributed by atoms with van der Waals surface area (Å²) in [4.78, 5) is 2.48. The van der Waals surface area contributed by atoms with E-state index in [1.54, 1.807) is 0 Å². The van der Waals surface area contributed by atoms with Crippen LogP contribution in [0.2, 0.25) is 0 Å². The third-order valence-corrected chi connectivity index (χ3v) is 4.22. The smallest absolute Gasteiger partial charge is 0.134 e. The van der Waals surface area contributed by atoms with Crippen LogP contribution in [0.25, 0.3) is 11.0 Å². The Morgan fingerprint density at radius 2 is 2.00 bits per heavy atom. The van der Waals surface area contributed by atoms with Crippen LogP contribution in [0.1, 0.15) is 18.4 Å². The molecule has 2 N–H and O–H groups in total. The third-order valence-electron chi connectivity index (χ3n) is 4.22. The first-order valence-electron chi connectivity index (χ1n) is 7.24. The van der Waals surface area contributed by atoms with Crippen molar-refractivity contribution in [2.24, 2.45) is 11.7 Å². The number of nitrogens with zero attached hydrogens (tertiary/aromatic N) is 1. The monoisotopic (exact) mass is 258 g/mol. The van der Waals surface area contributed by atoms with Crippen molar-refractivity contribution in [2.45, 2.75) is 19.3 Å². The van der Waals surface area contributed by atoms with Crippen LogP contribution < -0.4 is 5.73 Å². The Morgan fingerprint density at radius 1 is 1.21 bits per heavy atom. The van der Waals surface area contributed by atoms with Gasteiger partial charge in [0.1, 0.15) is 5.58 Å². The van der Waals surface area contributed by atoms with E-state index in [1.165, 1.54) is 36.9 Å². The summed E-state index contributed by atoms with van der Waals surface area (Å²) >= 11 is 0. The summed E-state index contributed by atoms with van der Waals surface area (Å²) < 4.78 is 5.62. The van der Waals surface area contributed by atoms with E-state index in [4.69, 9.17) is 10.2 Å². The molecule has 0 radical (unpaired) electrons. The predicted octanol–water partition coefficient (Wildman–Crippen LogP) is 2.65. The Balaban J connectivity index is 1.63. The topological polar surface area (TPSA) is 42.4 Å². The average molecular weight is 258 g/mol. The number of hydrogen-bond acceptors (Lipinski definition) is 3. The first-order valence-corrected chi connectivity index (χ1v) is 7.24. The molecule has 2 heterocycles. The highest BCUT2D eigenvalue weighted by molar-refractivity contribution is 5.80. The normalized spacial score (nSPS) is 18.2. The zero-order chi connectivity index (χ0) is 13.1. The maximum absolute atomic E-state index is 5.62. The lowest BCUT2D eigenvalue weighted by Crippen LogP contribution is -2.37. The van der Waals surface area contributed by atoms with Crippen molar-refractivity contribution in [3.63, 3.8) is 0 Å². The van der Waals surface area contributed by atoms with Gasteiger partial charge in [0, 0.05) is 18.5 Å². The van der Waals surface area contributed by atoms with Crippen molar-refractivity contribution in [3.05, 3.63) is 36.1 Å². The molecule has 0 amide bonds. The van der Waals surface area contributed by atoms with Gasteiger partial charge >= 0.3 is 0 Å². The maximum atomic E-state index is 5.62. The Hall–Kier alpha value is -1.32. The second kappa shape index (κ2) is 5.76. The van der Waals surface area contributed by atoms with Crippen LogP contribution in [0.5, 0.6) is 0 Å². The predicted molar refractivity (Wildman–Crippen MR) is 78.1 cm³/mol. The Kier molecular flexibility index (Phi) is 3.85. The summed E-state index contributed by atoms with van der Waals surface area (Å²) in [6.45, 7) is 4.20. The molecule has 1 aromatic carbocycles. The highest BCUT2D eigenvalue weighted by atomic mass is 16.3. The number of piperidine rings is 1. The fourth-order valence-corrected chi connectivity index (χ4v) is 3.10. The maximum Gasteiger partial charge on any atom is 0.134 e. The van der Waals surface area contributed by atoms with Gasteiger partial charge in [-0.15, -0.1) is 0 Å². The van der Waals surface area contributed by atoms with Crippen molar-refractivity contribution in [1.29, 1.82) is 0 Å². The number of nitrogens with two attached hydrogens (primary N) is 1. The van der Waals surface area contributed by atoms with E-state index in [0.29, 0.717) is 0 Å². The largest absolute Gasteiger partial charge is 0.464 e. The molecule has 1 fully saturated rings. The number of furan rings is 1. The standard InChI is InChI=1S/C16H22N2O/c17-7-10-18-8-5-13(6-9-18)11-14-12-19-16-4-2-1-3-15(14)16/h1-4,12-13H,5-11,17H2. The summed E-state index contributed by atoms with van der Waals surface area (Å²) in [5.74, 6) is 0.787. The van der Waals surface area contributed by atoms with E-state index in [-0.39, 0.29) is 0 Å². The lowest BCUT2D eigenvalue weighted by molar-refractivity contribution is 0.188. The summed E-state index contributed by atoms with van der Waals surface area (Å²) in [6.07, 6.45) is 5.64. The molecule has 0 spiro atoms. The molecule has 2 aromatic rings. The van der Waals surface area contributed by atoms with Gasteiger partial charge in [-0.25, -0.2) is 0 Å². The van der Waals surface area contributed by atoms with Gasteiger partial charge < -0.3 is 15.1 Å². The van der Waals surface area contributed by atoms with Crippen LogP contribution in [-0.2, 0) is 6.42 Å². The molecular weight excluding hydrogens is 236 g/mol. The lowest BCUT2D eigenvalue weighted by atomic mass is 9.90. The zero-order valence-corrected chi connectivity index (χ0v) is 11.3. The molecule has 3 heteroatoms. The molecule has 0 atom stereocenters. The first-order chi connectivity index (χ1) is 9.36. The number of fused-ring (bicyclic) bond motifs is 1. The van der Waals surface area contributed by atoms with E-state index >= 15 is 0 Å². The highest BCUT2D eigenvalue weighted by Gasteiger charge is 2.20. The lowest BCUT2D eigenvalue weighted by Gasteiger charge is -2.31. The number of benzene rings is 1. The van der Waals surface area contributed by atoms with Gasteiger partial charge in [0.15, 0.2) is 0 Å². The molecule has 0 saturated carbocycles. The van der Waals surface area contributed by atoms with E-state index in [0.717, 1.165) is 31.0 Å².